The van der Waals surface area contributed by atoms with Gasteiger partial charge in [-0.2, -0.15) is 0 Å². The highest BCUT2D eigenvalue weighted by Gasteiger charge is 2.20. The molecule has 2 nitrogen and oxygen atoms in total. The third-order valence-corrected chi connectivity index (χ3v) is 3.01. The fourth-order valence-corrected chi connectivity index (χ4v) is 1.95. The predicted octanol–water partition coefficient (Wildman–Crippen LogP) is 3.71. The van der Waals surface area contributed by atoms with Crippen LogP contribution in [0.15, 0.2) is 24.3 Å². The molecule has 0 saturated carbocycles. The summed E-state index contributed by atoms with van der Waals surface area (Å²) < 4.78 is 29.7. The van der Waals surface area contributed by atoms with Crippen molar-refractivity contribution >= 4 is 0 Å². The first kappa shape index (κ1) is 16.1. The third-order valence-electron chi connectivity index (χ3n) is 3.01. The van der Waals surface area contributed by atoms with E-state index in [0.29, 0.717) is 0 Å². The number of rotatable bonds is 8. The molecule has 0 aliphatic heterocycles. The zero-order chi connectivity index (χ0) is 14.3. The first-order valence-electron chi connectivity index (χ1n) is 6.74. The maximum absolute atomic E-state index is 12.2. The Hall–Kier alpha value is -1.00. The lowest BCUT2D eigenvalue weighted by atomic mass is 10.0. The highest BCUT2D eigenvalue weighted by atomic mass is 19.3. The smallest absolute Gasteiger partial charge is 0.261 e. The number of benzene rings is 1. The minimum atomic E-state index is -2.42. The van der Waals surface area contributed by atoms with E-state index in [1.807, 2.05) is 38.1 Å². The van der Waals surface area contributed by atoms with Gasteiger partial charge in [-0.15, -0.1) is 0 Å². The van der Waals surface area contributed by atoms with E-state index in [4.69, 9.17) is 4.74 Å². The van der Waals surface area contributed by atoms with Crippen molar-refractivity contribution in [3.8, 4) is 0 Å². The van der Waals surface area contributed by atoms with Crippen LogP contribution >= 0.6 is 0 Å². The molecule has 108 valence electrons. The molecule has 0 aromatic heterocycles. The Kier molecular flexibility index (Phi) is 6.95. The van der Waals surface area contributed by atoms with Crippen LogP contribution in [0.1, 0.15) is 37.4 Å². The van der Waals surface area contributed by atoms with Crippen molar-refractivity contribution in [1.82, 2.24) is 5.32 Å². The van der Waals surface area contributed by atoms with E-state index in [1.165, 1.54) is 5.56 Å². The zero-order valence-electron chi connectivity index (χ0n) is 11.8. The predicted molar refractivity (Wildman–Crippen MR) is 73.6 cm³/mol. The molecule has 0 saturated heterocycles. The van der Waals surface area contributed by atoms with Crippen LogP contribution in [0, 0.1) is 6.92 Å². The second kappa shape index (κ2) is 8.23. The summed E-state index contributed by atoms with van der Waals surface area (Å²) in [5, 5.41) is 3.36. The summed E-state index contributed by atoms with van der Waals surface area (Å²) in [5.41, 5.74) is 2.25. The second-order valence-corrected chi connectivity index (χ2v) is 4.77. The van der Waals surface area contributed by atoms with E-state index in [1.54, 1.807) is 0 Å². The summed E-state index contributed by atoms with van der Waals surface area (Å²) in [4.78, 5) is 0. The van der Waals surface area contributed by atoms with Gasteiger partial charge < -0.3 is 10.1 Å². The molecule has 0 amide bonds. The van der Waals surface area contributed by atoms with E-state index in [9.17, 15) is 8.78 Å². The van der Waals surface area contributed by atoms with Crippen LogP contribution in [-0.4, -0.2) is 25.7 Å². The van der Waals surface area contributed by atoms with Gasteiger partial charge in [0.05, 0.1) is 12.1 Å². The fraction of sp³-hybridized carbons (Fsp3) is 0.600. The van der Waals surface area contributed by atoms with Crippen molar-refractivity contribution in [3.05, 3.63) is 35.4 Å². The Morgan fingerprint density at radius 2 is 1.84 bits per heavy atom. The molecule has 2 atom stereocenters. The Labute approximate surface area is 114 Å². The highest BCUT2D eigenvalue weighted by Crippen LogP contribution is 2.20. The topological polar surface area (TPSA) is 21.3 Å². The Balaban J connectivity index is 2.72. The van der Waals surface area contributed by atoms with Crippen LogP contribution in [0.25, 0.3) is 0 Å². The molecule has 0 radical (unpaired) electrons. The van der Waals surface area contributed by atoms with Gasteiger partial charge >= 0.3 is 0 Å². The van der Waals surface area contributed by atoms with Crippen LogP contribution in [0.3, 0.4) is 0 Å². The van der Waals surface area contributed by atoms with Crippen molar-refractivity contribution in [2.24, 2.45) is 0 Å². The molecular weight excluding hydrogens is 248 g/mol. The van der Waals surface area contributed by atoms with Gasteiger partial charge in [-0.05, 0) is 32.4 Å². The van der Waals surface area contributed by atoms with Crippen molar-refractivity contribution in [2.45, 2.75) is 45.8 Å². The molecule has 1 aromatic rings. The number of nitrogens with one attached hydrogen (secondary N) is 1. The minimum Gasteiger partial charge on any atom is -0.371 e. The largest absolute Gasteiger partial charge is 0.371 e. The van der Waals surface area contributed by atoms with Gasteiger partial charge in [-0.1, -0.05) is 36.8 Å². The monoisotopic (exact) mass is 271 g/mol. The van der Waals surface area contributed by atoms with Gasteiger partial charge in [0.1, 0.15) is 6.61 Å². The average Bonchev–Trinajstić information content (AvgIpc) is 2.38. The van der Waals surface area contributed by atoms with Crippen molar-refractivity contribution in [3.63, 3.8) is 0 Å². The molecule has 0 spiro atoms. The Morgan fingerprint density at radius 3 is 2.37 bits per heavy atom. The molecule has 0 aliphatic rings. The lowest BCUT2D eigenvalue weighted by Crippen LogP contribution is -2.33. The highest BCUT2D eigenvalue weighted by molar-refractivity contribution is 5.24. The number of alkyl halides is 2. The molecule has 0 bridgehead atoms. The summed E-state index contributed by atoms with van der Waals surface area (Å²) in [6.07, 6.45) is -1.72. The number of ether oxygens (including phenoxy) is 1. The minimum absolute atomic E-state index is 0.0562. The normalized spacial score (nSPS) is 14.6. The molecule has 0 aliphatic carbocycles. The zero-order valence-corrected chi connectivity index (χ0v) is 11.8. The van der Waals surface area contributed by atoms with E-state index in [0.717, 1.165) is 18.5 Å². The number of halogens is 2. The summed E-state index contributed by atoms with van der Waals surface area (Å²) in [6.45, 7) is 6.24. The quantitative estimate of drug-likeness (QED) is 0.778. The van der Waals surface area contributed by atoms with Crippen LogP contribution in [-0.2, 0) is 4.74 Å². The van der Waals surface area contributed by atoms with E-state index in [2.05, 4.69) is 12.2 Å². The van der Waals surface area contributed by atoms with Crippen LogP contribution < -0.4 is 5.32 Å². The standard InChI is InChI=1S/C15H23F2NO/c1-4-9-18-15(12(3)19-10-14(16)17)13-7-5-11(2)6-8-13/h5-8,12,14-15,18H,4,9-10H2,1-3H3. The molecule has 0 heterocycles. The lowest BCUT2D eigenvalue weighted by Gasteiger charge is -2.26. The third kappa shape index (κ3) is 5.66. The number of hydrogen-bond acceptors (Lipinski definition) is 2. The molecule has 2 unspecified atom stereocenters. The Bertz CT molecular complexity index is 354. The molecule has 1 aromatic carbocycles. The average molecular weight is 271 g/mol. The summed E-state index contributed by atoms with van der Waals surface area (Å²) in [5.74, 6) is 0. The number of hydrogen-bond donors (Lipinski definition) is 1. The van der Waals surface area contributed by atoms with Gasteiger partial charge in [0.2, 0.25) is 0 Å². The van der Waals surface area contributed by atoms with Gasteiger partial charge in [0.25, 0.3) is 6.43 Å². The molecule has 1 rings (SSSR count). The lowest BCUT2D eigenvalue weighted by molar-refractivity contribution is -0.0308. The van der Waals surface area contributed by atoms with Crippen LogP contribution in [0.4, 0.5) is 8.78 Å². The first-order valence-corrected chi connectivity index (χ1v) is 6.74. The van der Waals surface area contributed by atoms with Gasteiger partial charge in [0, 0.05) is 0 Å². The van der Waals surface area contributed by atoms with E-state index in [-0.39, 0.29) is 12.1 Å². The van der Waals surface area contributed by atoms with Gasteiger partial charge in [-0.25, -0.2) is 8.78 Å². The number of aryl methyl sites for hydroxylation is 1. The fourth-order valence-electron chi connectivity index (χ4n) is 1.95. The van der Waals surface area contributed by atoms with E-state index < -0.39 is 13.0 Å². The molecule has 4 heteroatoms. The van der Waals surface area contributed by atoms with Gasteiger partial charge in [0.15, 0.2) is 0 Å². The van der Waals surface area contributed by atoms with Crippen molar-refractivity contribution in [1.29, 1.82) is 0 Å². The first-order chi connectivity index (χ1) is 9.04. The maximum atomic E-state index is 12.2. The van der Waals surface area contributed by atoms with Crippen molar-refractivity contribution in [2.75, 3.05) is 13.2 Å². The van der Waals surface area contributed by atoms with Crippen LogP contribution in [0.5, 0.6) is 0 Å². The van der Waals surface area contributed by atoms with Gasteiger partial charge in [-0.3, -0.25) is 0 Å². The second-order valence-electron chi connectivity index (χ2n) is 4.77. The van der Waals surface area contributed by atoms with Crippen LogP contribution in [0.2, 0.25) is 0 Å². The summed E-state index contributed by atoms with van der Waals surface area (Å²) in [6, 6.07) is 8.03. The Morgan fingerprint density at radius 1 is 1.21 bits per heavy atom. The summed E-state index contributed by atoms with van der Waals surface area (Å²) in [7, 11) is 0. The SMILES string of the molecule is CCCNC(c1ccc(C)cc1)C(C)OCC(F)F. The molecule has 1 N–H and O–H groups in total. The summed E-state index contributed by atoms with van der Waals surface area (Å²) >= 11 is 0. The molecular formula is C15H23F2NO. The van der Waals surface area contributed by atoms with Crippen molar-refractivity contribution < 1.29 is 13.5 Å². The molecule has 19 heavy (non-hydrogen) atoms. The maximum Gasteiger partial charge on any atom is 0.261 e. The van der Waals surface area contributed by atoms with E-state index >= 15 is 0 Å². The molecule has 0 fully saturated rings.